The highest BCUT2D eigenvalue weighted by Gasteiger charge is 2.29. The molecule has 1 saturated heterocycles. The Bertz CT molecular complexity index is 565. The Hall–Kier alpha value is -1.72. The van der Waals surface area contributed by atoms with Crippen LogP contribution in [0.1, 0.15) is 30.7 Å². The molecule has 1 aliphatic heterocycles. The summed E-state index contributed by atoms with van der Waals surface area (Å²) in [6.45, 7) is 3.39. The summed E-state index contributed by atoms with van der Waals surface area (Å²) in [5, 5.41) is 4.05. The lowest BCUT2D eigenvalue weighted by atomic mass is 9.97. The van der Waals surface area contributed by atoms with E-state index in [4.69, 9.17) is 15.0 Å². The first-order chi connectivity index (χ1) is 9.78. The summed E-state index contributed by atoms with van der Waals surface area (Å²) in [6, 6.07) is 8.23. The molecule has 5 nitrogen and oxygen atoms in total. The van der Waals surface area contributed by atoms with Crippen LogP contribution in [0.5, 0.6) is 0 Å². The zero-order chi connectivity index (χ0) is 13.9. The molecule has 20 heavy (non-hydrogen) atoms. The van der Waals surface area contributed by atoms with E-state index < -0.39 is 0 Å². The molecule has 2 N–H and O–H groups in total. The Morgan fingerprint density at radius 2 is 2.10 bits per heavy atom. The number of aryl methyl sites for hydroxylation is 1. The number of hydrogen-bond acceptors (Lipinski definition) is 5. The number of nitrogens with zero attached hydrogens (tertiary/aromatic N) is 2. The van der Waals surface area contributed by atoms with E-state index >= 15 is 0 Å². The van der Waals surface area contributed by atoms with Gasteiger partial charge in [0.1, 0.15) is 0 Å². The van der Waals surface area contributed by atoms with Crippen LogP contribution in [0.2, 0.25) is 0 Å². The molecular formula is C15H19N3O2. The molecule has 0 saturated carbocycles. The standard InChI is InChI=1S/C15H19N3O2/c1-2-10-3-5-11(6-4-10)14-17-15(20-18-14)12-9-19-8-7-13(12)16/h3-6,12-13H,2,7-9,16H2,1H3. The minimum atomic E-state index is -0.0000787. The van der Waals surface area contributed by atoms with E-state index in [2.05, 4.69) is 29.2 Å². The van der Waals surface area contributed by atoms with E-state index in [0.29, 0.717) is 24.9 Å². The maximum Gasteiger partial charge on any atom is 0.233 e. The highest BCUT2D eigenvalue weighted by atomic mass is 16.5. The number of aromatic nitrogens is 2. The van der Waals surface area contributed by atoms with Gasteiger partial charge in [-0.1, -0.05) is 36.3 Å². The molecule has 2 heterocycles. The molecule has 1 fully saturated rings. The monoisotopic (exact) mass is 273 g/mol. The van der Waals surface area contributed by atoms with Crippen LogP contribution in [0.4, 0.5) is 0 Å². The van der Waals surface area contributed by atoms with Gasteiger partial charge in [-0.3, -0.25) is 0 Å². The third-order valence-electron chi connectivity index (χ3n) is 3.79. The van der Waals surface area contributed by atoms with E-state index in [1.54, 1.807) is 0 Å². The molecule has 0 spiro atoms. The molecular weight excluding hydrogens is 254 g/mol. The summed E-state index contributed by atoms with van der Waals surface area (Å²) in [6.07, 6.45) is 1.85. The molecule has 5 heteroatoms. The Morgan fingerprint density at radius 1 is 1.30 bits per heavy atom. The van der Waals surface area contributed by atoms with Gasteiger partial charge in [0, 0.05) is 18.2 Å². The SMILES string of the molecule is CCc1ccc(-c2noc(C3COCCC3N)n2)cc1. The average Bonchev–Trinajstić information content (AvgIpc) is 2.97. The molecule has 2 aromatic rings. The third kappa shape index (κ3) is 2.59. The Labute approximate surface area is 118 Å². The molecule has 0 radical (unpaired) electrons. The first-order valence-electron chi connectivity index (χ1n) is 7.04. The Balaban J connectivity index is 1.81. The minimum Gasteiger partial charge on any atom is -0.381 e. The number of benzene rings is 1. The fraction of sp³-hybridized carbons (Fsp3) is 0.467. The molecule has 0 aliphatic carbocycles. The van der Waals surface area contributed by atoms with Crippen LogP contribution in [0.15, 0.2) is 28.8 Å². The van der Waals surface area contributed by atoms with Gasteiger partial charge in [-0.15, -0.1) is 0 Å². The third-order valence-corrected chi connectivity index (χ3v) is 3.79. The summed E-state index contributed by atoms with van der Waals surface area (Å²) in [7, 11) is 0. The maximum absolute atomic E-state index is 6.09. The van der Waals surface area contributed by atoms with Crippen molar-refractivity contribution in [3.05, 3.63) is 35.7 Å². The van der Waals surface area contributed by atoms with Gasteiger partial charge in [0.25, 0.3) is 0 Å². The molecule has 2 atom stereocenters. The van der Waals surface area contributed by atoms with E-state index in [1.807, 2.05) is 12.1 Å². The second-order valence-corrected chi connectivity index (χ2v) is 5.14. The van der Waals surface area contributed by atoms with Crippen molar-refractivity contribution in [1.82, 2.24) is 10.1 Å². The van der Waals surface area contributed by atoms with Crippen LogP contribution in [0.3, 0.4) is 0 Å². The maximum atomic E-state index is 6.09. The van der Waals surface area contributed by atoms with Gasteiger partial charge < -0.3 is 15.0 Å². The van der Waals surface area contributed by atoms with E-state index in [0.717, 1.165) is 18.4 Å². The normalized spacial score (nSPS) is 22.9. The Kier molecular flexibility index (Phi) is 3.80. The zero-order valence-electron chi connectivity index (χ0n) is 11.6. The lowest BCUT2D eigenvalue weighted by molar-refractivity contribution is 0.0590. The van der Waals surface area contributed by atoms with Gasteiger partial charge in [0.15, 0.2) is 0 Å². The van der Waals surface area contributed by atoms with Crippen molar-refractivity contribution >= 4 is 0 Å². The molecule has 0 amide bonds. The van der Waals surface area contributed by atoms with Crippen molar-refractivity contribution < 1.29 is 9.26 Å². The van der Waals surface area contributed by atoms with Crippen LogP contribution >= 0.6 is 0 Å². The highest BCUT2D eigenvalue weighted by Crippen LogP contribution is 2.25. The van der Waals surface area contributed by atoms with Crippen molar-refractivity contribution in [2.24, 2.45) is 5.73 Å². The van der Waals surface area contributed by atoms with Crippen molar-refractivity contribution in [2.45, 2.75) is 31.7 Å². The largest absolute Gasteiger partial charge is 0.381 e. The molecule has 106 valence electrons. The topological polar surface area (TPSA) is 74.2 Å². The van der Waals surface area contributed by atoms with Crippen LogP contribution in [0, 0.1) is 0 Å². The smallest absolute Gasteiger partial charge is 0.233 e. The van der Waals surface area contributed by atoms with Gasteiger partial charge >= 0.3 is 0 Å². The zero-order valence-corrected chi connectivity index (χ0v) is 11.6. The first-order valence-corrected chi connectivity index (χ1v) is 7.04. The molecule has 1 aromatic carbocycles. The average molecular weight is 273 g/mol. The van der Waals surface area contributed by atoms with Gasteiger partial charge in [0.2, 0.25) is 11.7 Å². The molecule has 3 rings (SSSR count). The summed E-state index contributed by atoms with van der Waals surface area (Å²) < 4.78 is 10.8. The van der Waals surface area contributed by atoms with Crippen molar-refractivity contribution in [2.75, 3.05) is 13.2 Å². The van der Waals surface area contributed by atoms with E-state index in [-0.39, 0.29) is 12.0 Å². The second kappa shape index (κ2) is 5.73. The molecule has 0 bridgehead atoms. The predicted octanol–water partition coefficient (Wildman–Crippen LogP) is 2.13. The van der Waals surface area contributed by atoms with Gasteiger partial charge in [-0.05, 0) is 18.4 Å². The summed E-state index contributed by atoms with van der Waals surface area (Å²) in [5.41, 5.74) is 8.34. The second-order valence-electron chi connectivity index (χ2n) is 5.14. The van der Waals surface area contributed by atoms with Gasteiger partial charge in [-0.25, -0.2) is 0 Å². The van der Waals surface area contributed by atoms with Crippen LogP contribution in [0.25, 0.3) is 11.4 Å². The first kappa shape index (κ1) is 13.3. The predicted molar refractivity (Wildman–Crippen MR) is 75.3 cm³/mol. The number of nitrogens with two attached hydrogens (primary N) is 1. The Morgan fingerprint density at radius 3 is 2.80 bits per heavy atom. The number of ether oxygens (including phenoxy) is 1. The summed E-state index contributed by atoms with van der Waals surface area (Å²) >= 11 is 0. The molecule has 2 unspecified atom stereocenters. The van der Waals surface area contributed by atoms with Crippen LogP contribution < -0.4 is 5.73 Å². The molecule has 1 aromatic heterocycles. The van der Waals surface area contributed by atoms with Gasteiger partial charge in [-0.2, -0.15) is 4.98 Å². The fourth-order valence-corrected chi connectivity index (χ4v) is 2.40. The lowest BCUT2D eigenvalue weighted by Gasteiger charge is -2.25. The van der Waals surface area contributed by atoms with Crippen LogP contribution in [-0.4, -0.2) is 29.4 Å². The summed E-state index contributed by atoms with van der Waals surface area (Å²) in [5.74, 6) is 1.19. The van der Waals surface area contributed by atoms with E-state index in [9.17, 15) is 0 Å². The quantitative estimate of drug-likeness (QED) is 0.927. The molecule has 1 aliphatic rings. The van der Waals surface area contributed by atoms with Gasteiger partial charge in [0.05, 0.1) is 12.5 Å². The van der Waals surface area contributed by atoms with Crippen molar-refractivity contribution in [3.63, 3.8) is 0 Å². The number of hydrogen-bond donors (Lipinski definition) is 1. The van der Waals surface area contributed by atoms with Crippen molar-refractivity contribution in [3.8, 4) is 11.4 Å². The number of rotatable bonds is 3. The van der Waals surface area contributed by atoms with Crippen molar-refractivity contribution in [1.29, 1.82) is 0 Å². The minimum absolute atomic E-state index is 0.0000787. The van der Waals surface area contributed by atoms with E-state index in [1.165, 1.54) is 5.56 Å². The lowest BCUT2D eigenvalue weighted by Crippen LogP contribution is -2.37. The summed E-state index contributed by atoms with van der Waals surface area (Å²) in [4.78, 5) is 4.47. The fourth-order valence-electron chi connectivity index (χ4n) is 2.40. The highest BCUT2D eigenvalue weighted by molar-refractivity contribution is 5.54. The van der Waals surface area contributed by atoms with Crippen LogP contribution in [-0.2, 0) is 11.2 Å².